The monoisotopic (exact) mass is 401 g/mol. The maximum absolute atomic E-state index is 11.7. The van der Waals surface area contributed by atoms with Crippen molar-refractivity contribution >= 4 is 12.2 Å². The van der Waals surface area contributed by atoms with Crippen LogP contribution in [0.15, 0.2) is 0 Å². The molecule has 5 heteroatoms. The van der Waals surface area contributed by atoms with E-state index in [-0.39, 0.29) is 1.43 Å². The van der Waals surface area contributed by atoms with Crippen LogP contribution in [0.25, 0.3) is 0 Å². The van der Waals surface area contributed by atoms with E-state index in [0.717, 1.165) is 58.3 Å². The third-order valence-corrected chi connectivity index (χ3v) is 5.08. The maximum atomic E-state index is 11.7. The van der Waals surface area contributed by atoms with E-state index in [4.69, 9.17) is 9.47 Å². The van der Waals surface area contributed by atoms with E-state index in [1.807, 2.05) is 0 Å². The Balaban J connectivity index is 0. The molecule has 1 unspecified atom stereocenters. The summed E-state index contributed by atoms with van der Waals surface area (Å²) in [4.78, 5) is 21.7. The molecule has 168 valence electrons. The number of carbonyl (C=O) groups excluding carboxylic acids is 2. The smallest absolute Gasteiger partial charge is 0.207 e. The number of ether oxygens (including phenoxy) is 2. The van der Waals surface area contributed by atoms with Crippen LogP contribution in [0.4, 0.5) is 0 Å². The predicted octanol–water partition coefficient (Wildman–Crippen LogP) is 5.02. The van der Waals surface area contributed by atoms with E-state index in [1.165, 1.54) is 19.3 Å². The summed E-state index contributed by atoms with van der Waals surface area (Å²) in [7, 11) is 0. The highest BCUT2D eigenvalue weighted by Crippen LogP contribution is 2.27. The fraction of sp³-hybridized carbons (Fsp3) is 0.913. The van der Waals surface area contributed by atoms with Crippen molar-refractivity contribution in [3.8, 4) is 0 Å². The lowest BCUT2D eigenvalue weighted by molar-refractivity contribution is -0.127. The van der Waals surface area contributed by atoms with Crippen LogP contribution in [0, 0.1) is 17.8 Å². The average molecular weight is 402 g/mol. The fourth-order valence-corrected chi connectivity index (χ4v) is 3.16. The van der Waals surface area contributed by atoms with Crippen LogP contribution in [0.1, 0.15) is 86.9 Å². The predicted molar refractivity (Wildman–Crippen MR) is 118 cm³/mol. The zero-order valence-electron chi connectivity index (χ0n) is 18.8. The van der Waals surface area contributed by atoms with E-state index in [1.54, 1.807) is 0 Å². The number of hydrogen-bond acceptors (Lipinski definition) is 4. The van der Waals surface area contributed by atoms with E-state index in [2.05, 4.69) is 33.0 Å². The largest absolute Gasteiger partial charge is 0.381 e. The lowest BCUT2D eigenvalue weighted by Gasteiger charge is -2.22. The molecule has 1 aliphatic rings. The molecule has 0 aromatic heterocycles. The third kappa shape index (κ3) is 16.1. The Hall–Kier alpha value is -0.940. The first kappa shape index (κ1) is 27.1. The van der Waals surface area contributed by atoms with Crippen LogP contribution in [-0.2, 0) is 19.1 Å². The van der Waals surface area contributed by atoms with E-state index >= 15 is 0 Å². The Morgan fingerprint density at radius 1 is 1.04 bits per heavy atom. The number of Topliss-reactive ketones (excluding diaryl/α,β-unsaturated/α-hetero) is 1. The highest BCUT2D eigenvalue weighted by molar-refractivity contribution is 5.83. The van der Waals surface area contributed by atoms with Gasteiger partial charge in [0.2, 0.25) is 6.41 Å². The second-order valence-corrected chi connectivity index (χ2v) is 8.26. The summed E-state index contributed by atoms with van der Waals surface area (Å²) in [5, 5.41) is 2.60. The first-order valence-corrected chi connectivity index (χ1v) is 11.4. The van der Waals surface area contributed by atoms with Crippen molar-refractivity contribution in [2.45, 2.75) is 85.5 Å². The molecule has 1 N–H and O–H groups in total. The number of amides is 1. The van der Waals surface area contributed by atoms with Gasteiger partial charge in [0.15, 0.2) is 0 Å². The zero-order chi connectivity index (χ0) is 21.0. The van der Waals surface area contributed by atoms with Crippen LogP contribution in [0.2, 0.25) is 0 Å². The Labute approximate surface area is 174 Å². The summed E-state index contributed by atoms with van der Waals surface area (Å²) in [6, 6.07) is 0. The second-order valence-electron chi connectivity index (χ2n) is 8.26. The quantitative estimate of drug-likeness (QED) is 0.309. The molecule has 0 aromatic carbocycles. The number of ketones is 1. The SMILES string of the molecule is CC(C)COCCCCOCCCNC=O.CCC(C)C(=O)C1CCCCC1.[HH]. The van der Waals surface area contributed by atoms with Crippen molar-refractivity contribution in [2.24, 2.45) is 17.8 Å². The van der Waals surface area contributed by atoms with Gasteiger partial charge < -0.3 is 14.8 Å². The van der Waals surface area contributed by atoms with Crippen molar-refractivity contribution in [3.05, 3.63) is 0 Å². The van der Waals surface area contributed by atoms with Gasteiger partial charge >= 0.3 is 0 Å². The first-order chi connectivity index (χ1) is 13.5. The Bertz CT molecular complexity index is 374. The molecule has 0 heterocycles. The molecule has 1 rings (SSSR count). The molecule has 5 nitrogen and oxygen atoms in total. The third-order valence-electron chi connectivity index (χ3n) is 5.08. The number of rotatable bonds is 15. The van der Waals surface area contributed by atoms with Gasteiger partial charge in [-0.2, -0.15) is 0 Å². The van der Waals surface area contributed by atoms with Gasteiger partial charge in [-0.15, -0.1) is 0 Å². The summed E-state index contributed by atoms with van der Waals surface area (Å²) in [5.74, 6) is 1.85. The molecular weight excluding hydrogens is 354 g/mol. The van der Waals surface area contributed by atoms with E-state index in [0.29, 0.717) is 43.1 Å². The minimum Gasteiger partial charge on any atom is -0.381 e. The number of nitrogens with one attached hydrogen (secondary N) is 1. The number of carbonyl (C=O) groups is 2. The minimum absolute atomic E-state index is 0. The second kappa shape index (κ2) is 19.4. The fourth-order valence-electron chi connectivity index (χ4n) is 3.16. The molecule has 1 saturated carbocycles. The molecule has 1 amide bonds. The molecule has 0 aliphatic heterocycles. The van der Waals surface area contributed by atoms with E-state index < -0.39 is 0 Å². The van der Waals surface area contributed by atoms with Crippen molar-refractivity contribution in [2.75, 3.05) is 33.0 Å². The van der Waals surface area contributed by atoms with Crippen LogP contribution in [-0.4, -0.2) is 45.2 Å². The van der Waals surface area contributed by atoms with Crippen LogP contribution in [0.3, 0.4) is 0 Å². The number of unbranched alkanes of at least 4 members (excludes halogenated alkanes) is 1. The Morgan fingerprint density at radius 2 is 1.64 bits per heavy atom. The van der Waals surface area contributed by atoms with Gasteiger partial charge in [-0.05, 0) is 44.4 Å². The normalized spacial score (nSPS) is 15.6. The molecule has 1 fully saturated rings. The summed E-state index contributed by atoms with van der Waals surface area (Å²) >= 11 is 0. The van der Waals surface area contributed by atoms with Gasteiger partial charge in [0.1, 0.15) is 5.78 Å². The standard InChI is InChI=1S/C12H25NO3.C11H20O.H2/c1-12(2)10-16-8-4-3-7-15-9-5-6-13-11-14;1-3-9(2)11(12)10-7-5-4-6-8-10;/h11-12H,3-10H2,1-2H3,(H,13,14);9-10H,3-8H2,1-2H3;1H. The van der Waals surface area contributed by atoms with Gasteiger partial charge in [-0.3, -0.25) is 9.59 Å². The molecule has 1 atom stereocenters. The zero-order valence-corrected chi connectivity index (χ0v) is 18.8. The van der Waals surface area contributed by atoms with Crippen LogP contribution in [0.5, 0.6) is 0 Å². The summed E-state index contributed by atoms with van der Waals surface area (Å²) in [6.07, 6.45) is 10.9. The highest BCUT2D eigenvalue weighted by atomic mass is 16.5. The highest BCUT2D eigenvalue weighted by Gasteiger charge is 2.23. The molecule has 0 saturated heterocycles. The van der Waals surface area contributed by atoms with Gasteiger partial charge in [-0.1, -0.05) is 47.0 Å². The van der Waals surface area contributed by atoms with Crippen molar-refractivity contribution in [3.63, 3.8) is 0 Å². The van der Waals surface area contributed by atoms with E-state index in [9.17, 15) is 9.59 Å². The van der Waals surface area contributed by atoms with Gasteiger partial charge in [-0.25, -0.2) is 0 Å². The lowest BCUT2D eigenvalue weighted by Crippen LogP contribution is -2.23. The Morgan fingerprint density at radius 3 is 2.21 bits per heavy atom. The molecule has 0 aromatic rings. The summed E-state index contributed by atoms with van der Waals surface area (Å²) in [6.45, 7) is 12.3. The number of hydrogen-bond donors (Lipinski definition) is 1. The molecule has 0 spiro atoms. The molecular formula is C23H47NO4. The first-order valence-electron chi connectivity index (χ1n) is 11.4. The van der Waals surface area contributed by atoms with Crippen molar-refractivity contribution in [1.29, 1.82) is 0 Å². The minimum atomic E-state index is 0. The van der Waals surface area contributed by atoms with Crippen molar-refractivity contribution in [1.82, 2.24) is 5.32 Å². The van der Waals surface area contributed by atoms with Gasteiger partial charge in [0, 0.05) is 46.2 Å². The van der Waals surface area contributed by atoms with Crippen molar-refractivity contribution < 1.29 is 20.5 Å². The Kier molecular flexibility index (Phi) is 18.7. The molecule has 0 bridgehead atoms. The molecule has 28 heavy (non-hydrogen) atoms. The summed E-state index contributed by atoms with van der Waals surface area (Å²) in [5.41, 5.74) is 0. The topological polar surface area (TPSA) is 64.6 Å². The average Bonchev–Trinajstić information content (AvgIpc) is 2.71. The van der Waals surface area contributed by atoms with Gasteiger partial charge in [0.25, 0.3) is 0 Å². The molecule has 1 aliphatic carbocycles. The molecule has 0 radical (unpaired) electrons. The summed E-state index contributed by atoms with van der Waals surface area (Å²) < 4.78 is 10.8. The maximum Gasteiger partial charge on any atom is 0.207 e. The van der Waals surface area contributed by atoms with Gasteiger partial charge in [0.05, 0.1) is 0 Å². The van der Waals surface area contributed by atoms with Crippen LogP contribution < -0.4 is 5.32 Å². The lowest BCUT2D eigenvalue weighted by atomic mass is 9.81. The van der Waals surface area contributed by atoms with Crippen LogP contribution >= 0.6 is 0 Å².